The van der Waals surface area contributed by atoms with Gasteiger partial charge in [-0.25, -0.2) is 8.78 Å². The lowest BCUT2D eigenvalue weighted by molar-refractivity contribution is 0.102. The van der Waals surface area contributed by atoms with Gasteiger partial charge in [-0.2, -0.15) is 0 Å². The molecule has 6 heteroatoms. The van der Waals surface area contributed by atoms with Crippen molar-refractivity contribution in [3.8, 4) is 0 Å². The molecule has 0 radical (unpaired) electrons. The number of rotatable bonds is 2. The predicted octanol–water partition coefficient (Wildman–Crippen LogP) is 4.94. The summed E-state index contributed by atoms with van der Waals surface area (Å²) in [6.45, 7) is 1.46. The molecule has 0 fully saturated rings. The summed E-state index contributed by atoms with van der Waals surface area (Å²) in [5.74, 6) is -2.24. The van der Waals surface area contributed by atoms with Crippen LogP contribution in [0.1, 0.15) is 15.9 Å². The Bertz CT molecular complexity index is 691. The van der Waals surface area contributed by atoms with Gasteiger partial charge in [0.1, 0.15) is 11.6 Å². The van der Waals surface area contributed by atoms with Crippen LogP contribution in [0, 0.1) is 18.6 Å². The van der Waals surface area contributed by atoms with Crippen LogP contribution in [-0.4, -0.2) is 5.91 Å². The zero-order chi connectivity index (χ0) is 14.9. The number of amides is 1. The number of hydrogen-bond donors (Lipinski definition) is 1. The number of benzene rings is 2. The molecule has 0 aliphatic carbocycles. The van der Waals surface area contributed by atoms with Crippen molar-refractivity contribution >= 4 is 39.1 Å². The van der Waals surface area contributed by atoms with Gasteiger partial charge in [-0.3, -0.25) is 4.79 Å². The van der Waals surface area contributed by atoms with E-state index in [0.29, 0.717) is 21.2 Å². The third-order valence-corrected chi connectivity index (χ3v) is 3.88. The maximum atomic E-state index is 13.6. The molecule has 2 aromatic rings. The van der Waals surface area contributed by atoms with Gasteiger partial charge in [-0.15, -0.1) is 0 Å². The molecule has 0 aromatic heterocycles. The Labute approximate surface area is 127 Å². The minimum atomic E-state index is -0.904. The smallest absolute Gasteiger partial charge is 0.258 e. The summed E-state index contributed by atoms with van der Waals surface area (Å²) >= 11 is 9.06. The van der Waals surface area contributed by atoms with Crippen molar-refractivity contribution in [2.24, 2.45) is 0 Å². The molecule has 0 bridgehead atoms. The van der Waals surface area contributed by atoms with Gasteiger partial charge in [0.05, 0.1) is 10.6 Å². The first kappa shape index (κ1) is 14.9. The van der Waals surface area contributed by atoms with Crippen LogP contribution in [0.4, 0.5) is 14.5 Å². The quantitative estimate of drug-likeness (QED) is 0.807. The molecular formula is C14H9BrClF2NO. The van der Waals surface area contributed by atoms with E-state index in [0.717, 1.165) is 0 Å². The summed E-state index contributed by atoms with van der Waals surface area (Å²) in [5.41, 5.74) is 0.441. The van der Waals surface area contributed by atoms with Crippen LogP contribution < -0.4 is 5.32 Å². The average molecular weight is 361 g/mol. The van der Waals surface area contributed by atoms with Crippen LogP contribution in [0.5, 0.6) is 0 Å². The molecule has 2 nitrogen and oxygen atoms in total. The molecule has 0 saturated carbocycles. The van der Waals surface area contributed by atoms with Crippen LogP contribution in [0.15, 0.2) is 34.8 Å². The molecule has 2 rings (SSSR count). The van der Waals surface area contributed by atoms with Gasteiger partial charge in [-0.05, 0) is 52.7 Å². The first-order valence-corrected chi connectivity index (χ1v) is 6.77. The van der Waals surface area contributed by atoms with E-state index in [1.165, 1.54) is 13.0 Å². The zero-order valence-electron chi connectivity index (χ0n) is 10.3. The Kier molecular flexibility index (Phi) is 4.40. The minimum absolute atomic E-state index is 0.203. The van der Waals surface area contributed by atoms with Crippen molar-refractivity contribution in [1.82, 2.24) is 0 Å². The summed E-state index contributed by atoms with van der Waals surface area (Å²) in [6.07, 6.45) is 0. The number of aryl methyl sites for hydroxylation is 1. The van der Waals surface area contributed by atoms with E-state index in [4.69, 9.17) is 11.6 Å². The van der Waals surface area contributed by atoms with E-state index in [1.54, 1.807) is 18.2 Å². The van der Waals surface area contributed by atoms with Crippen molar-refractivity contribution < 1.29 is 13.6 Å². The van der Waals surface area contributed by atoms with Crippen LogP contribution in [-0.2, 0) is 0 Å². The van der Waals surface area contributed by atoms with E-state index in [1.807, 2.05) is 0 Å². The van der Waals surface area contributed by atoms with Crippen molar-refractivity contribution in [3.63, 3.8) is 0 Å². The van der Waals surface area contributed by atoms with Crippen molar-refractivity contribution in [2.75, 3.05) is 5.32 Å². The third-order valence-electron chi connectivity index (χ3n) is 2.67. The SMILES string of the molecule is Cc1cc(C(=O)Nc2ccc(Cl)c(Br)c2)c(F)cc1F. The monoisotopic (exact) mass is 359 g/mol. The highest BCUT2D eigenvalue weighted by molar-refractivity contribution is 9.10. The molecule has 2 aromatic carbocycles. The minimum Gasteiger partial charge on any atom is -0.322 e. The first-order chi connectivity index (χ1) is 9.38. The van der Waals surface area contributed by atoms with Gasteiger partial charge in [-0.1, -0.05) is 11.6 Å². The van der Waals surface area contributed by atoms with Crippen LogP contribution in [0.2, 0.25) is 5.02 Å². The number of hydrogen-bond acceptors (Lipinski definition) is 1. The number of carbonyl (C=O) groups is 1. The highest BCUT2D eigenvalue weighted by Gasteiger charge is 2.15. The topological polar surface area (TPSA) is 29.1 Å². The van der Waals surface area contributed by atoms with Crippen LogP contribution in [0.3, 0.4) is 0 Å². The molecule has 0 saturated heterocycles. The second-order valence-electron chi connectivity index (χ2n) is 4.16. The maximum absolute atomic E-state index is 13.6. The summed E-state index contributed by atoms with van der Waals surface area (Å²) in [5, 5.41) is 3.02. The van der Waals surface area contributed by atoms with Gasteiger partial charge in [0.2, 0.25) is 0 Å². The summed E-state index contributed by atoms with van der Waals surface area (Å²) < 4.78 is 27.4. The zero-order valence-corrected chi connectivity index (χ0v) is 12.6. The highest BCUT2D eigenvalue weighted by Crippen LogP contribution is 2.26. The van der Waals surface area contributed by atoms with Crippen molar-refractivity contribution in [3.05, 3.63) is 62.6 Å². The fraction of sp³-hybridized carbons (Fsp3) is 0.0714. The van der Waals surface area contributed by atoms with Crippen molar-refractivity contribution in [2.45, 2.75) is 6.92 Å². The fourth-order valence-corrected chi connectivity index (χ4v) is 2.10. The highest BCUT2D eigenvalue weighted by atomic mass is 79.9. The summed E-state index contributed by atoms with van der Waals surface area (Å²) in [7, 11) is 0. The van der Waals surface area contributed by atoms with Gasteiger partial charge >= 0.3 is 0 Å². The fourth-order valence-electron chi connectivity index (χ4n) is 1.60. The van der Waals surface area contributed by atoms with E-state index in [-0.39, 0.29) is 11.1 Å². The molecule has 0 spiro atoms. The lowest BCUT2D eigenvalue weighted by Gasteiger charge is -2.08. The number of carbonyl (C=O) groups excluding carboxylic acids is 1. The summed E-state index contributed by atoms with van der Waals surface area (Å²) in [4.78, 5) is 12.0. The number of halogens is 4. The molecule has 20 heavy (non-hydrogen) atoms. The van der Waals surface area contributed by atoms with Gasteiger partial charge in [0.25, 0.3) is 5.91 Å². The molecular weight excluding hydrogens is 352 g/mol. The van der Waals surface area contributed by atoms with E-state index < -0.39 is 17.5 Å². The van der Waals surface area contributed by atoms with E-state index >= 15 is 0 Å². The molecule has 1 amide bonds. The molecule has 0 unspecified atom stereocenters. The lowest BCUT2D eigenvalue weighted by Crippen LogP contribution is -2.14. The summed E-state index contributed by atoms with van der Waals surface area (Å²) in [6, 6.07) is 6.63. The maximum Gasteiger partial charge on any atom is 0.258 e. The molecule has 1 N–H and O–H groups in total. The van der Waals surface area contributed by atoms with Crippen molar-refractivity contribution in [1.29, 1.82) is 0 Å². The Hall–Kier alpha value is -1.46. The van der Waals surface area contributed by atoms with Gasteiger partial charge in [0.15, 0.2) is 0 Å². The Morgan fingerprint density at radius 1 is 1.20 bits per heavy atom. The van der Waals surface area contributed by atoms with Crippen LogP contribution in [0.25, 0.3) is 0 Å². The molecule has 0 aliphatic rings. The first-order valence-electron chi connectivity index (χ1n) is 5.60. The van der Waals surface area contributed by atoms with Crippen LogP contribution >= 0.6 is 27.5 Å². The predicted molar refractivity (Wildman–Crippen MR) is 78.2 cm³/mol. The largest absolute Gasteiger partial charge is 0.322 e. The molecule has 0 atom stereocenters. The van der Waals surface area contributed by atoms with Gasteiger partial charge < -0.3 is 5.32 Å². The Balaban J connectivity index is 2.28. The lowest BCUT2D eigenvalue weighted by atomic mass is 10.1. The van der Waals surface area contributed by atoms with E-state index in [2.05, 4.69) is 21.2 Å². The Morgan fingerprint density at radius 2 is 1.90 bits per heavy atom. The molecule has 0 aliphatic heterocycles. The third kappa shape index (κ3) is 3.16. The van der Waals surface area contributed by atoms with E-state index in [9.17, 15) is 13.6 Å². The molecule has 0 heterocycles. The average Bonchev–Trinajstić information content (AvgIpc) is 2.38. The second kappa shape index (κ2) is 5.89. The number of nitrogens with one attached hydrogen (secondary N) is 1. The Morgan fingerprint density at radius 3 is 2.55 bits per heavy atom. The standard InChI is InChI=1S/C14H9BrClF2NO/c1-7-4-9(13(18)6-12(7)17)14(20)19-8-2-3-11(16)10(15)5-8/h2-6H,1H3,(H,19,20). The number of anilines is 1. The second-order valence-corrected chi connectivity index (χ2v) is 5.43. The normalized spacial score (nSPS) is 10.4. The van der Waals surface area contributed by atoms with Gasteiger partial charge in [0, 0.05) is 16.2 Å². The molecule has 104 valence electrons.